The van der Waals surface area contributed by atoms with Crippen LogP contribution in [0.15, 0.2) is 24.3 Å². The van der Waals surface area contributed by atoms with E-state index in [1.165, 1.54) is 0 Å². The van der Waals surface area contributed by atoms with E-state index in [1.54, 1.807) is 24.3 Å². The highest BCUT2D eigenvalue weighted by Crippen LogP contribution is 2.18. The largest absolute Gasteiger partial charge is 0.479 e. The third kappa shape index (κ3) is 4.27. The zero-order valence-corrected chi connectivity index (χ0v) is 10.7. The van der Waals surface area contributed by atoms with Crippen LogP contribution in [0.2, 0.25) is 0 Å². The number of benzene rings is 1. The third-order valence-corrected chi connectivity index (χ3v) is 3.02. The first-order valence-electron chi connectivity index (χ1n) is 6.41. The Labute approximate surface area is 112 Å². The number of carbonyl (C=O) groups excluding carboxylic acids is 1. The van der Waals surface area contributed by atoms with Gasteiger partial charge in [-0.15, -0.1) is 0 Å². The second-order valence-electron chi connectivity index (χ2n) is 4.52. The predicted octanol–water partition coefficient (Wildman–Crippen LogP) is 1.67. The Balaban J connectivity index is 1.87. The first kappa shape index (κ1) is 13.4. The van der Waals surface area contributed by atoms with Crippen LogP contribution in [-0.2, 0) is 4.79 Å². The average Bonchev–Trinajstić information content (AvgIpc) is 2.89. The van der Waals surface area contributed by atoms with Crippen molar-refractivity contribution >= 4 is 11.6 Å². The SMILES string of the molecule is N#CCOc1cccc(NC(=O)CC2CCCN2)c1. The first-order valence-corrected chi connectivity index (χ1v) is 6.41. The number of nitrogens with zero attached hydrogens (tertiary/aromatic N) is 1. The van der Waals surface area contributed by atoms with Gasteiger partial charge in [-0.1, -0.05) is 6.07 Å². The summed E-state index contributed by atoms with van der Waals surface area (Å²) in [5.74, 6) is 0.579. The smallest absolute Gasteiger partial charge is 0.225 e. The molecule has 2 N–H and O–H groups in total. The zero-order valence-electron chi connectivity index (χ0n) is 10.7. The average molecular weight is 259 g/mol. The summed E-state index contributed by atoms with van der Waals surface area (Å²) in [6.45, 7) is 0.999. The molecule has 0 bridgehead atoms. The van der Waals surface area contributed by atoms with E-state index >= 15 is 0 Å². The van der Waals surface area contributed by atoms with E-state index in [1.807, 2.05) is 6.07 Å². The van der Waals surface area contributed by atoms with Crippen molar-refractivity contribution < 1.29 is 9.53 Å². The molecule has 1 atom stereocenters. The summed E-state index contributed by atoms with van der Waals surface area (Å²) in [5, 5.41) is 14.6. The van der Waals surface area contributed by atoms with Crippen LogP contribution in [0.5, 0.6) is 5.75 Å². The fraction of sp³-hybridized carbons (Fsp3) is 0.429. The van der Waals surface area contributed by atoms with Crippen molar-refractivity contribution in [1.29, 1.82) is 5.26 Å². The Bertz CT molecular complexity index is 476. The molecule has 1 amide bonds. The highest BCUT2D eigenvalue weighted by Gasteiger charge is 2.17. The van der Waals surface area contributed by atoms with E-state index in [0.717, 1.165) is 19.4 Å². The lowest BCUT2D eigenvalue weighted by atomic mass is 10.1. The predicted molar refractivity (Wildman–Crippen MR) is 71.8 cm³/mol. The van der Waals surface area contributed by atoms with Crippen molar-refractivity contribution in [1.82, 2.24) is 5.32 Å². The molecule has 19 heavy (non-hydrogen) atoms. The van der Waals surface area contributed by atoms with Gasteiger partial charge in [-0.3, -0.25) is 4.79 Å². The molecule has 1 unspecified atom stereocenters. The monoisotopic (exact) mass is 259 g/mol. The molecule has 5 nitrogen and oxygen atoms in total. The number of anilines is 1. The Morgan fingerprint density at radius 2 is 2.47 bits per heavy atom. The number of rotatable bonds is 5. The van der Waals surface area contributed by atoms with Gasteiger partial charge in [0.2, 0.25) is 5.91 Å². The Morgan fingerprint density at radius 1 is 1.58 bits per heavy atom. The molecule has 0 aromatic heterocycles. The molecule has 2 rings (SSSR count). The standard InChI is InChI=1S/C14H17N3O2/c15-6-8-19-13-5-1-3-12(9-13)17-14(18)10-11-4-2-7-16-11/h1,3,5,9,11,16H,2,4,7-8,10H2,(H,17,18). The van der Waals surface area contributed by atoms with Crippen molar-refractivity contribution in [2.24, 2.45) is 0 Å². The van der Waals surface area contributed by atoms with Crippen LogP contribution in [0.1, 0.15) is 19.3 Å². The van der Waals surface area contributed by atoms with Gasteiger partial charge in [0.15, 0.2) is 6.61 Å². The summed E-state index contributed by atoms with van der Waals surface area (Å²) in [7, 11) is 0. The summed E-state index contributed by atoms with van der Waals surface area (Å²) >= 11 is 0. The van der Waals surface area contributed by atoms with Crippen LogP contribution in [0.4, 0.5) is 5.69 Å². The van der Waals surface area contributed by atoms with Crippen molar-refractivity contribution in [3.8, 4) is 11.8 Å². The lowest BCUT2D eigenvalue weighted by Crippen LogP contribution is -2.27. The van der Waals surface area contributed by atoms with Gasteiger partial charge in [0, 0.05) is 24.2 Å². The normalized spacial score (nSPS) is 17.7. The van der Waals surface area contributed by atoms with Crippen LogP contribution in [0, 0.1) is 11.3 Å². The molecule has 0 saturated carbocycles. The molecule has 1 aliphatic heterocycles. The number of amides is 1. The number of nitrogens with one attached hydrogen (secondary N) is 2. The van der Waals surface area contributed by atoms with Crippen molar-refractivity contribution in [3.63, 3.8) is 0 Å². The molecule has 5 heteroatoms. The quantitative estimate of drug-likeness (QED) is 0.843. The Hall–Kier alpha value is -2.06. The molecular weight excluding hydrogens is 242 g/mol. The second kappa shape index (κ2) is 6.76. The maximum Gasteiger partial charge on any atom is 0.225 e. The van der Waals surface area contributed by atoms with Crippen molar-refractivity contribution in [3.05, 3.63) is 24.3 Å². The Morgan fingerprint density at radius 3 is 3.21 bits per heavy atom. The number of hydrogen-bond acceptors (Lipinski definition) is 4. The number of nitriles is 1. The Kier molecular flexibility index (Phi) is 4.76. The molecule has 1 heterocycles. The van der Waals surface area contributed by atoms with Gasteiger partial charge >= 0.3 is 0 Å². The lowest BCUT2D eigenvalue weighted by molar-refractivity contribution is -0.116. The molecule has 0 spiro atoms. The summed E-state index contributed by atoms with van der Waals surface area (Å²) in [4.78, 5) is 11.8. The summed E-state index contributed by atoms with van der Waals surface area (Å²) in [5.41, 5.74) is 0.693. The summed E-state index contributed by atoms with van der Waals surface area (Å²) < 4.78 is 5.19. The third-order valence-electron chi connectivity index (χ3n) is 3.02. The fourth-order valence-corrected chi connectivity index (χ4v) is 2.15. The van der Waals surface area contributed by atoms with E-state index in [0.29, 0.717) is 17.9 Å². The fourth-order valence-electron chi connectivity index (χ4n) is 2.15. The van der Waals surface area contributed by atoms with Gasteiger partial charge in [-0.25, -0.2) is 0 Å². The number of carbonyl (C=O) groups is 1. The van der Waals surface area contributed by atoms with Gasteiger partial charge in [0.05, 0.1) is 0 Å². The molecule has 1 aromatic carbocycles. The van der Waals surface area contributed by atoms with Crippen molar-refractivity contribution in [2.45, 2.75) is 25.3 Å². The summed E-state index contributed by atoms with van der Waals surface area (Å²) in [6, 6.07) is 9.26. The molecule has 100 valence electrons. The first-order chi connectivity index (χ1) is 9.28. The van der Waals surface area contributed by atoms with Gasteiger partial charge in [0.1, 0.15) is 11.8 Å². The van der Waals surface area contributed by atoms with E-state index in [-0.39, 0.29) is 18.6 Å². The minimum atomic E-state index is -0.00293. The van der Waals surface area contributed by atoms with Crippen LogP contribution in [-0.4, -0.2) is 25.1 Å². The highest BCUT2D eigenvalue weighted by molar-refractivity contribution is 5.91. The topological polar surface area (TPSA) is 74.1 Å². The molecule has 0 radical (unpaired) electrons. The van der Waals surface area contributed by atoms with Crippen LogP contribution < -0.4 is 15.4 Å². The molecule has 1 aliphatic rings. The summed E-state index contributed by atoms with van der Waals surface area (Å²) in [6.07, 6.45) is 2.68. The minimum Gasteiger partial charge on any atom is -0.479 e. The number of hydrogen-bond donors (Lipinski definition) is 2. The highest BCUT2D eigenvalue weighted by atomic mass is 16.5. The molecule has 1 fully saturated rings. The molecular formula is C14H17N3O2. The molecule has 1 aromatic rings. The van der Waals surface area contributed by atoms with Gasteiger partial charge in [0.25, 0.3) is 0 Å². The zero-order chi connectivity index (χ0) is 13.5. The van der Waals surface area contributed by atoms with Gasteiger partial charge < -0.3 is 15.4 Å². The van der Waals surface area contributed by atoms with E-state index in [9.17, 15) is 4.79 Å². The lowest BCUT2D eigenvalue weighted by Gasteiger charge is -2.11. The van der Waals surface area contributed by atoms with Crippen LogP contribution in [0.25, 0.3) is 0 Å². The van der Waals surface area contributed by atoms with Crippen molar-refractivity contribution in [2.75, 3.05) is 18.5 Å². The molecule has 1 saturated heterocycles. The van der Waals surface area contributed by atoms with Crippen LogP contribution in [0.3, 0.4) is 0 Å². The van der Waals surface area contributed by atoms with E-state index in [2.05, 4.69) is 10.6 Å². The number of ether oxygens (including phenoxy) is 1. The van der Waals surface area contributed by atoms with Gasteiger partial charge in [-0.05, 0) is 31.5 Å². The van der Waals surface area contributed by atoms with Crippen LogP contribution >= 0.6 is 0 Å². The van der Waals surface area contributed by atoms with Gasteiger partial charge in [-0.2, -0.15) is 5.26 Å². The minimum absolute atomic E-state index is 0.00293. The second-order valence-corrected chi connectivity index (χ2v) is 4.52. The molecule has 0 aliphatic carbocycles. The van der Waals surface area contributed by atoms with E-state index < -0.39 is 0 Å². The maximum atomic E-state index is 11.8. The maximum absolute atomic E-state index is 11.8. The van der Waals surface area contributed by atoms with E-state index in [4.69, 9.17) is 10.00 Å².